The highest BCUT2D eigenvalue weighted by atomic mass is 16.5. The zero-order valence-electron chi connectivity index (χ0n) is 12.8. The third-order valence-electron chi connectivity index (χ3n) is 3.90. The first-order valence-electron chi connectivity index (χ1n) is 7.54. The smallest absolute Gasteiger partial charge is 0.310 e. The van der Waals surface area contributed by atoms with Crippen molar-refractivity contribution in [3.05, 3.63) is 17.5 Å². The van der Waals surface area contributed by atoms with Gasteiger partial charge in [-0.1, -0.05) is 6.92 Å². The highest BCUT2D eigenvalue weighted by Gasteiger charge is 2.27. The molecule has 1 aliphatic heterocycles. The van der Waals surface area contributed by atoms with Crippen LogP contribution < -0.4 is 0 Å². The third-order valence-corrected chi connectivity index (χ3v) is 3.90. The van der Waals surface area contributed by atoms with Gasteiger partial charge in [0.1, 0.15) is 0 Å². The first kappa shape index (κ1) is 15.0. The van der Waals surface area contributed by atoms with E-state index in [4.69, 9.17) is 4.74 Å². The Labute approximate surface area is 120 Å². The van der Waals surface area contributed by atoms with E-state index < -0.39 is 0 Å². The summed E-state index contributed by atoms with van der Waals surface area (Å²) in [6, 6.07) is 2.16. The topological polar surface area (TPSA) is 47.4 Å². The maximum atomic E-state index is 11.8. The van der Waals surface area contributed by atoms with E-state index in [1.54, 1.807) is 0 Å². The average molecular weight is 279 g/mol. The van der Waals surface area contributed by atoms with Gasteiger partial charge in [0.25, 0.3) is 0 Å². The van der Waals surface area contributed by atoms with Crippen LogP contribution in [0, 0.1) is 5.92 Å². The SMILES string of the molecule is CCOC(=O)C1CCCN(Cc2cc(CC)nn2C)C1. The van der Waals surface area contributed by atoms with Crippen LogP contribution in [0.5, 0.6) is 0 Å². The molecule has 0 N–H and O–H groups in total. The number of carbonyl (C=O) groups is 1. The number of carbonyl (C=O) groups excluding carboxylic acids is 1. The van der Waals surface area contributed by atoms with Gasteiger partial charge < -0.3 is 4.74 Å². The van der Waals surface area contributed by atoms with Crippen molar-refractivity contribution in [3.63, 3.8) is 0 Å². The normalized spacial score (nSPS) is 20.1. The summed E-state index contributed by atoms with van der Waals surface area (Å²) < 4.78 is 7.09. The standard InChI is InChI=1S/C15H25N3O2/c1-4-13-9-14(17(3)16-13)11-18-8-6-7-12(10-18)15(19)20-5-2/h9,12H,4-8,10-11H2,1-3H3. The predicted molar refractivity (Wildman–Crippen MR) is 77.2 cm³/mol. The average Bonchev–Trinajstić information content (AvgIpc) is 2.80. The molecule has 2 rings (SSSR count). The fourth-order valence-corrected chi connectivity index (χ4v) is 2.77. The van der Waals surface area contributed by atoms with Crippen LogP contribution in [0.4, 0.5) is 0 Å². The van der Waals surface area contributed by atoms with Crippen LogP contribution in [0.15, 0.2) is 6.07 Å². The van der Waals surface area contributed by atoms with E-state index in [0.717, 1.165) is 44.6 Å². The van der Waals surface area contributed by atoms with Crippen LogP contribution in [0.1, 0.15) is 38.1 Å². The third kappa shape index (κ3) is 3.60. The lowest BCUT2D eigenvalue weighted by Gasteiger charge is -2.31. The van der Waals surface area contributed by atoms with Gasteiger partial charge in [-0.2, -0.15) is 5.10 Å². The van der Waals surface area contributed by atoms with E-state index in [0.29, 0.717) is 6.61 Å². The van der Waals surface area contributed by atoms with E-state index in [2.05, 4.69) is 23.0 Å². The minimum atomic E-state index is -0.0450. The molecule has 5 nitrogen and oxygen atoms in total. The number of rotatable bonds is 5. The largest absolute Gasteiger partial charge is 0.466 e. The van der Waals surface area contributed by atoms with Crippen molar-refractivity contribution in [2.24, 2.45) is 13.0 Å². The second kappa shape index (κ2) is 6.88. The van der Waals surface area contributed by atoms with Crippen LogP contribution in [0.25, 0.3) is 0 Å². The summed E-state index contributed by atoms with van der Waals surface area (Å²) in [6.45, 7) is 7.15. The Morgan fingerprint density at radius 1 is 1.50 bits per heavy atom. The van der Waals surface area contributed by atoms with Gasteiger partial charge in [0.05, 0.1) is 23.9 Å². The molecule has 112 valence electrons. The van der Waals surface area contributed by atoms with Crippen LogP contribution in [0.3, 0.4) is 0 Å². The maximum Gasteiger partial charge on any atom is 0.310 e. The van der Waals surface area contributed by atoms with E-state index in [1.807, 2.05) is 18.7 Å². The molecular formula is C15H25N3O2. The number of nitrogens with zero attached hydrogens (tertiary/aromatic N) is 3. The molecule has 1 unspecified atom stereocenters. The van der Waals surface area contributed by atoms with Crippen LogP contribution in [-0.2, 0) is 29.5 Å². The Morgan fingerprint density at radius 2 is 2.30 bits per heavy atom. The van der Waals surface area contributed by atoms with Crippen LogP contribution >= 0.6 is 0 Å². The van der Waals surface area contributed by atoms with Gasteiger partial charge in [-0.15, -0.1) is 0 Å². The number of ether oxygens (including phenoxy) is 1. The van der Waals surface area contributed by atoms with Gasteiger partial charge in [-0.3, -0.25) is 14.4 Å². The highest BCUT2D eigenvalue weighted by molar-refractivity contribution is 5.72. The van der Waals surface area contributed by atoms with Crippen molar-refractivity contribution >= 4 is 5.97 Å². The van der Waals surface area contributed by atoms with Crippen molar-refractivity contribution in [1.82, 2.24) is 14.7 Å². The van der Waals surface area contributed by atoms with Gasteiger partial charge in [-0.25, -0.2) is 0 Å². The number of likely N-dealkylation sites (tertiary alicyclic amines) is 1. The number of hydrogen-bond donors (Lipinski definition) is 0. The lowest BCUT2D eigenvalue weighted by molar-refractivity contribution is -0.150. The summed E-state index contributed by atoms with van der Waals surface area (Å²) in [4.78, 5) is 14.2. The Balaban J connectivity index is 1.95. The van der Waals surface area contributed by atoms with Crippen molar-refractivity contribution < 1.29 is 9.53 Å². The Bertz CT molecular complexity index is 456. The van der Waals surface area contributed by atoms with Crippen LogP contribution in [-0.4, -0.2) is 40.3 Å². The molecule has 1 atom stereocenters. The maximum absolute atomic E-state index is 11.8. The monoisotopic (exact) mass is 279 g/mol. The zero-order valence-corrected chi connectivity index (χ0v) is 12.8. The van der Waals surface area contributed by atoms with Gasteiger partial charge in [-0.05, 0) is 38.8 Å². The fourth-order valence-electron chi connectivity index (χ4n) is 2.77. The summed E-state index contributed by atoms with van der Waals surface area (Å²) in [6.07, 6.45) is 2.96. The summed E-state index contributed by atoms with van der Waals surface area (Å²) >= 11 is 0. The molecule has 1 fully saturated rings. The number of aromatic nitrogens is 2. The van der Waals surface area contributed by atoms with Crippen molar-refractivity contribution in [2.45, 2.75) is 39.7 Å². The number of piperidine rings is 1. The summed E-state index contributed by atoms with van der Waals surface area (Å²) in [5.74, 6) is -0.0148. The number of hydrogen-bond acceptors (Lipinski definition) is 4. The molecule has 0 bridgehead atoms. The summed E-state index contributed by atoms with van der Waals surface area (Å²) in [5.41, 5.74) is 2.34. The number of esters is 1. The number of aryl methyl sites for hydroxylation is 2. The van der Waals surface area contributed by atoms with Crippen molar-refractivity contribution in [1.29, 1.82) is 0 Å². The zero-order chi connectivity index (χ0) is 14.5. The van der Waals surface area contributed by atoms with Gasteiger partial charge in [0.2, 0.25) is 0 Å². The van der Waals surface area contributed by atoms with E-state index in [-0.39, 0.29) is 11.9 Å². The minimum absolute atomic E-state index is 0.0302. The first-order valence-corrected chi connectivity index (χ1v) is 7.54. The lowest BCUT2D eigenvalue weighted by Crippen LogP contribution is -2.39. The molecule has 0 saturated carbocycles. The van der Waals surface area contributed by atoms with Crippen molar-refractivity contribution in [3.8, 4) is 0 Å². The fraction of sp³-hybridized carbons (Fsp3) is 0.733. The lowest BCUT2D eigenvalue weighted by atomic mass is 9.98. The second-order valence-corrected chi connectivity index (χ2v) is 5.43. The Hall–Kier alpha value is -1.36. The van der Waals surface area contributed by atoms with Gasteiger partial charge >= 0.3 is 5.97 Å². The molecule has 20 heavy (non-hydrogen) atoms. The molecular weight excluding hydrogens is 254 g/mol. The molecule has 0 spiro atoms. The predicted octanol–water partition coefficient (Wildman–Crippen LogP) is 1.76. The quantitative estimate of drug-likeness (QED) is 0.771. The summed E-state index contributed by atoms with van der Waals surface area (Å²) in [7, 11) is 1.99. The highest BCUT2D eigenvalue weighted by Crippen LogP contribution is 2.20. The molecule has 1 aromatic heterocycles. The van der Waals surface area contributed by atoms with Gasteiger partial charge in [0, 0.05) is 20.1 Å². The molecule has 0 aromatic carbocycles. The molecule has 2 heterocycles. The minimum Gasteiger partial charge on any atom is -0.466 e. The molecule has 0 radical (unpaired) electrons. The van der Waals surface area contributed by atoms with E-state index in [9.17, 15) is 4.79 Å². The molecule has 0 aliphatic carbocycles. The second-order valence-electron chi connectivity index (χ2n) is 5.43. The molecule has 1 aliphatic rings. The Kier molecular flexibility index (Phi) is 5.17. The van der Waals surface area contributed by atoms with E-state index in [1.165, 1.54) is 5.69 Å². The molecule has 1 saturated heterocycles. The summed E-state index contributed by atoms with van der Waals surface area (Å²) in [5, 5.41) is 4.48. The molecule has 0 amide bonds. The molecule has 1 aromatic rings. The van der Waals surface area contributed by atoms with Gasteiger partial charge in [0.15, 0.2) is 0 Å². The molecule has 5 heteroatoms. The van der Waals surface area contributed by atoms with Crippen molar-refractivity contribution in [2.75, 3.05) is 19.7 Å². The first-order chi connectivity index (χ1) is 9.63. The van der Waals surface area contributed by atoms with Crippen LogP contribution in [0.2, 0.25) is 0 Å². The Morgan fingerprint density at radius 3 is 2.95 bits per heavy atom. The van der Waals surface area contributed by atoms with E-state index >= 15 is 0 Å².